The molecule has 0 heterocycles. The van der Waals surface area contributed by atoms with E-state index in [1.165, 1.54) is 44.9 Å². The molecule has 0 aliphatic rings. The van der Waals surface area contributed by atoms with Crippen LogP contribution in [-0.4, -0.2) is 18.5 Å². The second-order valence-electron chi connectivity index (χ2n) is 7.56. The van der Waals surface area contributed by atoms with Crippen molar-refractivity contribution in [1.29, 1.82) is 0 Å². The highest BCUT2D eigenvalue weighted by molar-refractivity contribution is 5.50. The van der Waals surface area contributed by atoms with Crippen molar-refractivity contribution in [1.82, 2.24) is 0 Å². The summed E-state index contributed by atoms with van der Waals surface area (Å²) in [4.78, 5) is 10.6. The normalized spacial score (nSPS) is 14.3. The van der Waals surface area contributed by atoms with Crippen LogP contribution in [0.2, 0.25) is 0 Å². The average Bonchev–Trinajstić information content (AvgIpc) is 2.33. The Morgan fingerprint density at radius 1 is 0.950 bits per heavy atom. The lowest BCUT2D eigenvalue weighted by atomic mass is 9.69. The molecule has 0 rings (SSSR count). The molecule has 0 saturated carbocycles. The van der Waals surface area contributed by atoms with Gasteiger partial charge in [-0.05, 0) is 31.6 Å². The third kappa shape index (κ3) is 8.04. The standard InChI is InChI=1S/C18H36O2/c1-7-8-9-10-11-12-13-16(17(2,3)4)18(5,6)20-15-14-19/h14,16H,7-13,15H2,1-6H3. The Morgan fingerprint density at radius 2 is 1.50 bits per heavy atom. The van der Waals surface area contributed by atoms with Gasteiger partial charge in [0, 0.05) is 0 Å². The molecular formula is C18H36O2. The monoisotopic (exact) mass is 284 g/mol. The van der Waals surface area contributed by atoms with E-state index in [1.54, 1.807) is 0 Å². The van der Waals surface area contributed by atoms with Crippen molar-refractivity contribution in [3.8, 4) is 0 Å². The highest BCUT2D eigenvalue weighted by atomic mass is 16.5. The van der Waals surface area contributed by atoms with E-state index >= 15 is 0 Å². The van der Waals surface area contributed by atoms with Crippen LogP contribution in [0.4, 0.5) is 0 Å². The Hall–Kier alpha value is -0.370. The van der Waals surface area contributed by atoms with Gasteiger partial charge in [-0.2, -0.15) is 0 Å². The maximum atomic E-state index is 10.6. The van der Waals surface area contributed by atoms with Gasteiger partial charge in [0.2, 0.25) is 0 Å². The van der Waals surface area contributed by atoms with E-state index < -0.39 is 0 Å². The summed E-state index contributed by atoms with van der Waals surface area (Å²) < 4.78 is 5.79. The van der Waals surface area contributed by atoms with Crippen LogP contribution in [0.5, 0.6) is 0 Å². The molecular weight excluding hydrogens is 248 g/mol. The molecule has 0 saturated heterocycles. The molecule has 0 amide bonds. The number of hydrogen-bond donors (Lipinski definition) is 0. The van der Waals surface area contributed by atoms with Crippen LogP contribution in [0.25, 0.3) is 0 Å². The highest BCUT2D eigenvalue weighted by Crippen LogP contribution is 2.40. The number of hydrogen-bond acceptors (Lipinski definition) is 2. The molecule has 0 aliphatic carbocycles. The lowest BCUT2D eigenvalue weighted by Crippen LogP contribution is -2.42. The molecule has 120 valence electrons. The van der Waals surface area contributed by atoms with Crippen molar-refractivity contribution in [3.05, 3.63) is 0 Å². The van der Waals surface area contributed by atoms with Gasteiger partial charge in [-0.3, -0.25) is 0 Å². The van der Waals surface area contributed by atoms with Crippen molar-refractivity contribution in [2.24, 2.45) is 11.3 Å². The Kier molecular flexibility index (Phi) is 9.37. The quantitative estimate of drug-likeness (QED) is 0.375. The van der Waals surface area contributed by atoms with Crippen LogP contribution in [0, 0.1) is 11.3 Å². The molecule has 20 heavy (non-hydrogen) atoms. The number of rotatable bonds is 11. The van der Waals surface area contributed by atoms with Crippen LogP contribution in [0.3, 0.4) is 0 Å². The lowest BCUT2D eigenvalue weighted by Gasteiger charge is -2.42. The van der Waals surface area contributed by atoms with Gasteiger partial charge in [-0.25, -0.2) is 0 Å². The highest BCUT2D eigenvalue weighted by Gasteiger charge is 2.38. The zero-order valence-electron chi connectivity index (χ0n) is 14.6. The van der Waals surface area contributed by atoms with E-state index in [-0.39, 0.29) is 17.6 Å². The summed E-state index contributed by atoms with van der Waals surface area (Å²) in [5, 5.41) is 0. The maximum Gasteiger partial charge on any atom is 0.145 e. The minimum Gasteiger partial charge on any atom is -0.368 e. The smallest absolute Gasteiger partial charge is 0.145 e. The predicted molar refractivity (Wildman–Crippen MR) is 87.0 cm³/mol. The van der Waals surface area contributed by atoms with Crippen LogP contribution in [-0.2, 0) is 9.53 Å². The first-order valence-electron chi connectivity index (χ1n) is 8.33. The van der Waals surface area contributed by atoms with E-state index in [0.717, 1.165) is 6.29 Å². The first-order valence-corrected chi connectivity index (χ1v) is 8.33. The van der Waals surface area contributed by atoms with Crippen molar-refractivity contribution < 1.29 is 9.53 Å². The SMILES string of the molecule is CCCCCCCCC(C(C)(C)C)C(C)(C)OCC=O. The third-order valence-electron chi connectivity index (χ3n) is 4.25. The number of aldehydes is 1. The van der Waals surface area contributed by atoms with Gasteiger partial charge >= 0.3 is 0 Å². The third-order valence-corrected chi connectivity index (χ3v) is 4.25. The molecule has 0 fully saturated rings. The number of ether oxygens (including phenoxy) is 1. The van der Waals surface area contributed by atoms with Gasteiger partial charge in [-0.15, -0.1) is 0 Å². The van der Waals surface area contributed by atoms with Crippen LogP contribution in [0.1, 0.15) is 86.5 Å². The molecule has 1 atom stereocenters. The fraction of sp³-hybridized carbons (Fsp3) is 0.944. The molecule has 1 unspecified atom stereocenters. The molecule has 0 radical (unpaired) electrons. The number of carbonyl (C=O) groups excluding carboxylic acids is 1. The first kappa shape index (κ1) is 19.6. The predicted octanol–water partition coefficient (Wildman–Crippen LogP) is 5.39. The molecule has 2 nitrogen and oxygen atoms in total. The lowest BCUT2D eigenvalue weighted by molar-refractivity contribution is -0.127. The van der Waals surface area contributed by atoms with Crippen molar-refractivity contribution in [2.45, 2.75) is 92.1 Å². The summed E-state index contributed by atoms with van der Waals surface area (Å²) in [6.07, 6.45) is 9.99. The fourth-order valence-corrected chi connectivity index (χ4v) is 3.30. The van der Waals surface area contributed by atoms with Gasteiger partial charge in [0.1, 0.15) is 12.9 Å². The Bertz CT molecular complexity index is 251. The maximum absolute atomic E-state index is 10.6. The first-order chi connectivity index (χ1) is 9.25. The van der Waals surface area contributed by atoms with E-state index in [2.05, 4.69) is 41.5 Å². The minimum absolute atomic E-state index is 0.204. The molecule has 2 heteroatoms. The molecule has 0 aromatic rings. The Morgan fingerprint density at radius 3 is 2.00 bits per heavy atom. The van der Waals surface area contributed by atoms with Crippen LogP contribution in [0.15, 0.2) is 0 Å². The summed E-state index contributed by atoms with van der Waals surface area (Å²) >= 11 is 0. The Labute approximate surface area is 126 Å². The largest absolute Gasteiger partial charge is 0.368 e. The molecule has 0 aromatic carbocycles. The van der Waals surface area contributed by atoms with E-state index in [1.807, 2.05) is 0 Å². The molecule has 0 spiro atoms. The number of unbranched alkanes of at least 4 members (excludes halogenated alkanes) is 5. The van der Waals surface area contributed by atoms with E-state index in [0.29, 0.717) is 5.92 Å². The topological polar surface area (TPSA) is 26.3 Å². The van der Waals surface area contributed by atoms with Gasteiger partial charge in [0.15, 0.2) is 0 Å². The average molecular weight is 284 g/mol. The minimum atomic E-state index is -0.234. The second kappa shape index (κ2) is 9.55. The van der Waals surface area contributed by atoms with Crippen LogP contribution >= 0.6 is 0 Å². The molecule has 0 aromatic heterocycles. The summed E-state index contributed by atoms with van der Waals surface area (Å²) in [6, 6.07) is 0. The molecule has 0 aliphatic heterocycles. The molecule has 0 bridgehead atoms. The molecule has 0 N–H and O–H groups in total. The van der Waals surface area contributed by atoms with Gasteiger partial charge in [0.05, 0.1) is 5.60 Å². The summed E-state index contributed by atoms with van der Waals surface area (Å²) in [5.74, 6) is 0.473. The summed E-state index contributed by atoms with van der Waals surface area (Å²) in [5.41, 5.74) is -0.0294. The van der Waals surface area contributed by atoms with Crippen molar-refractivity contribution in [3.63, 3.8) is 0 Å². The Balaban J connectivity index is 4.33. The second-order valence-corrected chi connectivity index (χ2v) is 7.56. The van der Waals surface area contributed by atoms with Gasteiger partial charge < -0.3 is 9.53 Å². The number of carbonyl (C=O) groups is 1. The van der Waals surface area contributed by atoms with E-state index in [9.17, 15) is 4.79 Å². The zero-order chi connectivity index (χ0) is 15.6. The zero-order valence-corrected chi connectivity index (χ0v) is 14.6. The van der Waals surface area contributed by atoms with Gasteiger partial charge in [0.25, 0.3) is 0 Å². The fourth-order valence-electron chi connectivity index (χ4n) is 3.30. The van der Waals surface area contributed by atoms with Crippen LogP contribution < -0.4 is 0 Å². The summed E-state index contributed by atoms with van der Waals surface area (Å²) in [7, 11) is 0. The van der Waals surface area contributed by atoms with E-state index in [4.69, 9.17) is 4.74 Å². The van der Waals surface area contributed by atoms with Crippen molar-refractivity contribution >= 4 is 6.29 Å². The summed E-state index contributed by atoms with van der Waals surface area (Å²) in [6.45, 7) is 13.5. The van der Waals surface area contributed by atoms with Gasteiger partial charge in [-0.1, -0.05) is 66.2 Å². The van der Waals surface area contributed by atoms with Crippen molar-refractivity contribution in [2.75, 3.05) is 6.61 Å².